The zero-order chi connectivity index (χ0) is 14.4. The van der Waals surface area contributed by atoms with Crippen LogP contribution in [0.1, 0.15) is 27.2 Å². The molecular weight excluding hydrogens is 254 g/mol. The van der Waals surface area contributed by atoms with Crippen molar-refractivity contribution < 1.29 is 14.3 Å². The third kappa shape index (κ3) is 1.10. The number of epoxide rings is 1. The van der Waals surface area contributed by atoms with E-state index < -0.39 is 0 Å². The van der Waals surface area contributed by atoms with Crippen LogP contribution in [0.3, 0.4) is 0 Å². The molecule has 0 N–H and O–H groups in total. The normalized spacial score (nSPS) is 48.5. The summed E-state index contributed by atoms with van der Waals surface area (Å²) < 4.78 is 6.08. The lowest BCUT2D eigenvalue weighted by molar-refractivity contribution is -0.140. The first-order valence-electron chi connectivity index (χ1n) is 7.48. The second-order valence-corrected chi connectivity index (χ2v) is 7.71. The molecule has 4 heteroatoms. The van der Waals surface area contributed by atoms with Crippen LogP contribution < -0.4 is 0 Å². The maximum atomic E-state index is 12.6. The molecule has 4 rings (SSSR count). The van der Waals surface area contributed by atoms with Crippen LogP contribution >= 0.6 is 0 Å². The summed E-state index contributed by atoms with van der Waals surface area (Å²) in [7, 11) is 0. The van der Waals surface area contributed by atoms with Gasteiger partial charge in [-0.15, -0.1) is 6.58 Å². The van der Waals surface area contributed by atoms with E-state index in [0.717, 1.165) is 6.42 Å². The van der Waals surface area contributed by atoms with Crippen LogP contribution in [0.5, 0.6) is 0 Å². The minimum atomic E-state index is -0.168. The fourth-order valence-corrected chi connectivity index (χ4v) is 5.34. The molecule has 2 saturated carbocycles. The summed E-state index contributed by atoms with van der Waals surface area (Å²) in [6.07, 6.45) is 2.81. The summed E-state index contributed by atoms with van der Waals surface area (Å²) >= 11 is 0. The van der Waals surface area contributed by atoms with E-state index in [1.807, 2.05) is 0 Å². The molecule has 20 heavy (non-hydrogen) atoms. The second kappa shape index (κ2) is 3.35. The van der Waals surface area contributed by atoms with E-state index in [0.29, 0.717) is 6.54 Å². The summed E-state index contributed by atoms with van der Waals surface area (Å²) in [6, 6.07) is 0. The number of fused-ring (bicyclic) bond motifs is 8. The smallest absolute Gasteiger partial charge is 0.233 e. The number of rotatable bonds is 2. The van der Waals surface area contributed by atoms with E-state index in [1.54, 1.807) is 6.08 Å². The SMILES string of the molecule is C=CCN1C(=O)C2C3CC(C2C1=O)C1(C(C)(C)C)OC31. The zero-order valence-corrected chi connectivity index (χ0v) is 12.3. The summed E-state index contributed by atoms with van der Waals surface area (Å²) in [4.78, 5) is 26.5. The van der Waals surface area contributed by atoms with Crippen molar-refractivity contribution in [2.24, 2.45) is 29.1 Å². The molecule has 2 aliphatic carbocycles. The van der Waals surface area contributed by atoms with E-state index in [9.17, 15) is 9.59 Å². The van der Waals surface area contributed by atoms with Crippen LogP contribution in [0, 0.1) is 29.1 Å². The number of carbonyl (C=O) groups excluding carboxylic acids is 2. The second-order valence-electron chi connectivity index (χ2n) is 7.71. The summed E-state index contributed by atoms with van der Waals surface area (Å²) in [6.45, 7) is 10.5. The highest BCUT2D eigenvalue weighted by molar-refractivity contribution is 6.06. The number of hydrogen-bond donors (Lipinski definition) is 0. The number of likely N-dealkylation sites (tertiary alicyclic amines) is 1. The van der Waals surface area contributed by atoms with Crippen molar-refractivity contribution in [3.8, 4) is 0 Å². The van der Waals surface area contributed by atoms with E-state index in [2.05, 4.69) is 27.4 Å². The van der Waals surface area contributed by atoms with Gasteiger partial charge in [-0.25, -0.2) is 0 Å². The lowest BCUT2D eigenvalue weighted by atomic mass is 9.65. The average molecular weight is 275 g/mol. The Morgan fingerprint density at radius 1 is 1.35 bits per heavy atom. The van der Waals surface area contributed by atoms with E-state index >= 15 is 0 Å². The molecule has 6 unspecified atom stereocenters. The lowest BCUT2D eigenvalue weighted by Crippen LogP contribution is -2.45. The van der Waals surface area contributed by atoms with E-state index in [4.69, 9.17) is 4.74 Å². The van der Waals surface area contributed by atoms with Crippen molar-refractivity contribution >= 4 is 11.8 Å². The summed E-state index contributed by atoms with van der Waals surface area (Å²) in [5, 5.41) is 0. The Balaban J connectivity index is 1.73. The Kier molecular flexibility index (Phi) is 2.11. The molecule has 4 aliphatic rings. The standard InChI is InChI=1S/C16H21NO3/c1-5-6-17-13(18)10-8-7-9(11(10)14(17)19)16(12(8)20-16)15(2,3)4/h5,8-12H,1,6-7H2,2-4H3. The van der Waals surface area contributed by atoms with Gasteiger partial charge in [0.15, 0.2) is 0 Å². The Morgan fingerprint density at radius 2 is 2.00 bits per heavy atom. The predicted molar refractivity (Wildman–Crippen MR) is 72.6 cm³/mol. The van der Waals surface area contributed by atoms with E-state index in [1.165, 1.54) is 4.90 Å². The van der Waals surface area contributed by atoms with Gasteiger partial charge in [-0.2, -0.15) is 0 Å². The number of amides is 2. The molecule has 2 saturated heterocycles. The highest BCUT2D eigenvalue weighted by Crippen LogP contribution is 2.74. The molecule has 2 heterocycles. The molecule has 4 nitrogen and oxygen atoms in total. The van der Waals surface area contributed by atoms with Crippen molar-refractivity contribution in [2.45, 2.75) is 38.9 Å². The maximum Gasteiger partial charge on any atom is 0.233 e. The Bertz CT molecular complexity index is 534. The number of carbonyl (C=O) groups is 2. The molecule has 2 aliphatic heterocycles. The molecule has 4 fully saturated rings. The fourth-order valence-electron chi connectivity index (χ4n) is 5.34. The molecule has 0 spiro atoms. The van der Waals surface area contributed by atoms with Crippen molar-refractivity contribution in [3.63, 3.8) is 0 Å². The van der Waals surface area contributed by atoms with Crippen LogP contribution in [0.2, 0.25) is 0 Å². The molecule has 2 bridgehead atoms. The first kappa shape index (κ1) is 12.6. The number of hydrogen-bond acceptors (Lipinski definition) is 3. The van der Waals surface area contributed by atoms with Crippen molar-refractivity contribution in [1.29, 1.82) is 0 Å². The van der Waals surface area contributed by atoms with Crippen LogP contribution in [-0.4, -0.2) is 35.0 Å². The van der Waals surface area contributed by atoms with Crippen LogP contribution in [0.15, 0.2) is 12.7 Å². The summed E-state index contributed by atoms with van der Waals surface area (Å²) in [5.41, 5.74) is -0.143. The lowest BCUT2D eigenvalue weighted by Gasteiger charge is -2.35. The van der Waals surface area contributed by atoms with Crippen molar-refractivity contribution in [2.75, 3.05) is 6.54 Å². The number of ether oxygens (including phenoxy) is 1. The Morgan fingerprint density at radius 3 is 2.60 bits per heavy atom. The first-order valence-corrected chi connectivity index (χ1v) is 7.48. The van der Waals surface area contributed by atoms with Crippen LogP contribution in [0.25, 0.3) is 0 Å². The molecular formula is C16H21NO3. The van der Waals surface area contributed by atoms with E-state index in [-0.39, 0.29) is 52.6 Å². The molecule has 6 atom stereocenters. The topological polar surface area (TPSA) is 49.9 Å². The molecule has 2 amide bonds. The van der Waals surface area contributed by atoms with Gasteiger partial charge in [-0.1, -0.05) is 26.8 Å². The van der Waals surface area contributed by atoms with Gasteiger partial charge >= 0.3 is 0 Å². The van der Waals surface area contributed by atoms with Crippen LogP contribution in [0.4, 0.5) is 0 Å². The first-order chi connectivity index (χ1) is 9.34. The minimum Gasteiger partial charge on any atom is -0.365 e. The van der Waals surface area contributed by atoms with Gasteiger partial charge < -0.3 is 4.74 Å². The Labute approximate surface area is 119 Å². The van der Waals surface area contributed by atoms with Gasteiger partial charge in [-0.3, -0.25) is 14.5 Å². The third-order valence-electron chi connectivity index (χ3n) is 6.02. The Hall–Kier alpha value is -1.16. The van der Waals surface area contributed by atoms with Gasteiger partial charge in [0.05, 0.1) is 17.9 Å². The highest BCUT2D eigenvalue weighted by atomic mass is 16.6. The third-order valence-corrected chi connectivity index (χ3v) is 6.02. The fraction of sp³-hybridized carbons (Fsp3) is 0.750. The van der Waals surface area contributed by atoms with Gasteiger partial charge in [0, 0.05) is 18.4 Å². The minimum absolute atomic E-state index is 0.00461. The highest BCUT2D eigenvalue weighted by Gasteiger charge is 2.83. The summed E-state index contributed by atoms with van der Waals surface area (Å²) in [5.74, 6) is 0.195. The largest absolute Gasteiger partial charge is 0.365 e. The molecule has 108 valence electrons. The van der Waals surface area contributed by atoms with Gasteiger partial charge in [0.25, 0.3) is 0 Å². The molecule has 0 aromatic rings. The average Bonchev–Trinajstić information content (AvgIpc) is 2.84. The number of nitrogens with zero attached hydrogens (tertiary/aromatic N) is 1. The van der Waals surface area contributed by atoms with Crippen LogP contribution in [-0.2, 0) is 14.3 Å². The quantitative estimate of drug-likeness (QED) is 0.437. The molecule has 0 radical (unpaired) electrons. The van der Waals surface area contributed by atoms with Gasteiger partial charge in [0.2, 0.25) is 11.8 Å². The van der Waals surface area contributed by atoms with Gasteiger partial charge in [0.1, 0.15) is 5.60 Å². The monoisotopic (exact) mass is 275 g/mol. The molecule has 0 aromatic carbocycles. The van der Waals surface area contributed by atoms with Crippen molar-refractivity contribution in [3.05, 3.63) is 12.7 Å². The van der Waals surface area contributed by atoms with Crippen molar-refractivity contribution in [1.82, 2.24) is 4.90 Å². The zero-order valence-electron chi connectivity index (χ0n) is 12.3. The number of imide groups is 1. The maximum absolute atomic E-state index is 12.6. The predicted octanol–water partition coefficient (Wildman–Crippen LogP) is 1.61. The van der Waals surface area contributed by atoms with Gasteiger partial charge in [-0.05, 0) is 11.8 Å². The molecule has 0 aromatic heterocycles.